The van der Waals surface area contributed by atoms with Crippen LogP contribution < -0.4 is 10.2 Å². The summed E-state index contributed by atoms with van der Waals surface area (Å²) in [7, 11) is 0. The molecule has 0 unspecified atom stereocenters. The van der Waals surface area contributed by atoms with E-state index in [0.29, 0.717) is 24.6 Å². The normalized spacial score (nSPS) is 14.1. The Morgan fingerprint density at radius 3 is 2.68 bits per heavy atom. The van der Waals surface area contributed by atoms with Crippen molar-refractivity contribution in [3.05, 3.63) is 72.2 Å². The molecule has 1 saturated heterocycles. The standard InChI is InChI=1S/C21H23N5O2/c27-21(18-3-1-2-4-19(18)25-13-15-28-16-14-25)23-20-8-12-26(24-20)11-7-17-5-9-22-10-6-17/h1-6,8-10,12H,7,11,13-16H2,(H,23,24,27). The third-order valence-electron chi connectivity index (χ3n) is 4.76. The van der Waals surface area contributed by atoms with E-state index in [-0.39, 0.29) is 5.91 Å². The van der Waals surface area contributed by atoms with Crippen LogP contribution in [0.5, 0.6) is 0 Å². The van der Waals surface area contributed by atoms with Crippen LogP contribution in [0.2, 0.25) is 0 Å². The van der Waals surface area contributed by atoms with Crippen molar-refractivity contribution in [2.24, 2.45) is 0 Å². The molecule has 7 nitrogen and oxygen atoms in total. The van der Waals surface area contributed by atoms with E-state index in [1.807, 2.05) is 53.3 Å². The van der Waals surface area contributed by atoms with Gasteiger partial charge in [0.2, 0.25) is 0 Å². The molecule has 4 rings (SSSR count). The zero-order valence-electron chi connectivity index (χ0n) is 15.6. The fraction of sp³-hybridized carbons (Fsp3) is 0.286. The maximum absolute atomic E-state index is 12.8. The Kier molecular flexibility index (Phi) is 5.63. The number of morpholine rings is 1. The lowest BCUT2D eigenvalue weighted by Crippen LogP contribution is -2.37. The van der Waals surface area contributed by atoms with E-state index in [4.69, 9.17) is 4.74 Å². The molecule has 0 bridgehead atoms. The average molecular weight is 377 g/mol. The second-order valence-electron chi connectivity index (χ2n) is 6.64. The number of anilines is 2. The van der Waals surface area contributed by atoms with Crippen LogP contribution in [0.4, 0.5) is 11.5 Å². The van der Waals surface area contributed by atoms with Crippen LogP contribution in [0.25, 0.3) is 0 Å². The summed E-state index contributed by atoms with van der Waals surface area (Å²) in [6.45, 7) is 3.67. The summed E-state index contributed by atoms with van der Waals surface area (Å²) in [6.07, 6.45) is 6.31. The van der Waals surface area contributed by atoms with Gasteiger partial charge in [-0.1, -0.05) is 12.1 Å². The minimum atomic E-state index is -0.151. The molecule has 2 aromatic heterocycles. The predicted octanol–water partition coefficient (Wildman–Crippen LogP) is 2.61. The lowest BCUT2D eigenvalue weighted by Gasteiger charge is -2.30. The van der Waals surface area contributed by atoms with Gasteiger partial charge in [-0.2, -0.15) is 5.10 Å². The summed E-state index contributed by atoms with van der Waals surface area (Å²) in [6, 6.07) is 13.5. The van der Waals surface area contributed by atoms with Crippen LogP contribution in [0.1, 0.15) is 15.9 Å². The van der Waals surface area contributed by atoms with Crippen LogP contribution in [0, 0.1) is 0 Å². The minimum Gasteiger partial charge on any atom is -0.378 e. The number of nitrogens with one attached hydrogen (secondary N) is 1. The van der Waals surface area contributed by atoms with Crippen molar-refractivity contribution in [2.45, 2.75) is 13.0 Å². The Morgan fingerprint density at radius 2 is 1.86 bits per heavy atom. The van der Waals surface area contributed by atoms with Gasteiger partial charge in [0.05, 0.1) is 18.8 Å². The average Bonchev–Trinajstić information content (AvgIpc) is 3.21. The highest BCUT2D eigenvalue weighted by atomic mass is 16.5. The van der Waals surface area contributed by atoms with E-state index in [2.05, 4.69) is 20.3 Å². The molecule has 0 aliphatic carbocycles. The summed E-state index contributed by atoms with van der Waals surface area (Å²) in [5.41, 5.74) is 2.78. The van der Waals surface area contributed by atoms with Gasteiger partial charge >= 0.3 is 0 Å². The van der Waals surface area contributed by atoms with Crippen LogP contribution in [-0.4, -0.2) is 47.0 Å². The van der Waals surface area contributed by atoms with E-state index in [1.165, 1.54) is 5.56 Å². The van der Waals surface area contributed by atoms with Gasteiger partial charge in [-0.15, -0.1) is 0 Å². The van der Waals surface area contributed by atoms with E-state index < -0.39 is 0 Å². The molecule has 0 spiro atoms. The number of nitrogens with zero attached hydrogens (tertiary/aromatic N) is 4. The van der Waals surface area contributed by atoms with Gasteiger partial charge < -0.3 is 15.0 Å². The Bertz CT molecular complexity index is 919. The number of para-hydroxylation sites is 1. The first-order chi connectivity index (χ1) is 13.8. The quantitative estimate of drug-likeness (QED) is 0.715. The van der Waals surface area contributed by atoms with Crippen molar-refractivity contribution in [2.75, 3.05) is 36.5 Å². The third-order valence-corrected chi connectivity index (χ3v) is 4.76. The number of pyridine rings is 1. The van der Waals surface area contributed by atoms with Gasteiger partial charge in [0.15, 0.2) is 5.82 Å². The maximum atomic E-state index is 12.8. The van der Waals surface area contributed by atoms with Crippen molar-refractivity contribution in [3.8, 4) is 0 Å². The number of hydrogen-bond donors (Lipinski definition) is 1. The molecule has 28 heavy (non-hydrogen) atoms. The second kappa shape index (κ2) is 8.67. The molecule has 3 heterocycles. The van der Waals surface area contributed by atoms with Gasteiger partial charge in [-0.3, -0.25) is 14.5 Å². The topological polar surface area (TPSA) is 72.3 Å². The number of ether oxygens (including phenoxy) is 1. The van der Waals surface area contributed by atoms with Crippen LogP contribution in [-0.2, 0) is 17.7 Å². The van der Waals surface area contributed by atoms with Crippen molar-refractivity contribution in [1.29, 1.82) is 0 Å². The molecule has 1 aliphatic rings. The molecule has 1 amide bonds. The first-order valence-corrected chi connectivity index (χ1v) is 9.45. The number of amides is 1. The lowest BCUT2D eigenvalue weighted by atomic mass is 10.1. The Hall–Kier alpha value is -3.19. The van der Waals surface area contributed by atoms with Crippen molar-refractivity contribution in [3.63, 3.8) is 0 Å². The number of hydrogen-bond acceptors (Lipinski definition) is 5. The summed E-state index contributed by atoms with van der Waals surface area (Å²) >= 11 is 0. The second-order valence-corrected chi connectivity index (χ2v) is 6.64. The number of carbonyl (C=O) groups is 1. The first kappa shape index (κ1) is 18.2. The Balaban J connectivity index is 1.41. The molecular formula is C21H23N5O2. The van der Waals surface area contributed by atoms with E-state index in [1.54, 1.807) is 12.4 Å². The molecule has 7 heteroatoms. The molecule has 1 fully saturated rings. The molecule has 1 N–H and O–H groups in total. The van der Waals surface area contributed by atoms with Crippen LogP contribution >= 0.6 is 0 Å². The van der Waals surface area contributed by atoms with E-state index in [9.17, 15) is 4.79 Å². The SMILES string of the molecule is O=C(Nc1ccn(CCc2ccncc2)n1)c1ccccc1N1CCOCC1. The summed E-state index contributed by atoms with van der Waals surface area (Å²) < 4.78 is 7.25. The molecule has 144 valence electrons. The summed E-state index contributed by atoms with van der Waals surface area (Å²) in [5.74, 6) is 0.401. The third kappa shape index (κ3) is 4.37. The first-order valence-electron chi connectivity index (χ1n) is 9.45. The van der Waals surface area contributed by atoms with E-state index >= 15 is 0 Å². The Labute approximate surface area is 164 Å². The number of carbonyl (C=O) groups excluding carboxylic acids is 1. The van der Waals surface area contributed by atoms with Crippen molar-refractivity contribution >= 4 is 17.4 Å². The highest BCUT2D eigenvalue weighted by Crippen LogP contribution is 2.22. The van der Waals surface area contributed by atoms with Crippen molar-refractivity contribution < 1.29 is 9.53 Å². The fourth-order valence-corrected chi connectivity index (χ4v) is 3.28. The van der Waals surface area contributed by atoms with Gasteiger partial charge in [0, 0.05) is 50.0 Å². The molecular weight excluding hydrogens is 354 g/mol. The summed E-state index contributed by atoms with van der Waals surface area (Å²) in [4.78, 5) is 19.1. The molecule has 0 atom stereocenters. The molecule has 0 radical (unpaired) electrons. The Morgan fingerprint density at radius 1 is 1.07 bits per heavy atom. The van der Waals surface area contributed by atoms with Crippen LogP contribution in [0.3, 0.4) is 0 Å². The van der Waals surface area contributed by atoms with Gasteiger partial charge in [0.1, 0.15) is 0 Å². The zero-order valence-corrected chi connectivity index (χ0v) is 15.6. The van der Waals surface area contributed by atoms with Gasteiger partial charge in [0.25, 0.3) is 5.91 Å². The monoisotopic (exact) mass is 377 g/mol. The number of aryl methyl sites for hydroxylation is 2. The zero-order chi connectivity index (χ0) is 19.2. The lowest BCUT2D eigenvalue weighted by molar-refractivity contribution is 0.102. The summed E-state index contributed by atoms with van der Waals surface area (Å²) in [5, 5.41) is 7.39. The number of aromatic nitrogens is 3. The van der Waals surface area contributed by atoms with Crippen LogP contribution in [0.15, 0.2) is 61.1 Å². The van der Waals surface area contributed by atoms with E-state index in [0.717, 1.165) is 31.7 Å². The fourth-order valence-electron chi connectivity index (χ4n) is 3.28. The molecule has 0 saturated carbocycles. The van der Waals surface area contributed by atoms with Gasteiger partial charge in [-0.05, 0) is 36.2 Å². The smallest absolute Gasteiger partial charge is 0.258 e. The highest BCUT2D eigenvalue weighted by Gasteiger charge is 2.19. The predicted molar refractivity (Wildman–Crippen MR) is 108 cm³/mol. The number of rotatable bonds is 6. The molecule has 1 aliphatic heterocycles. The largest absolute Gasteiger partial charge is 0.378 e. The molecule has 3 aromatic rings. The number of benzene rings is 1. The van der Waals surface area contributed by atoms with Gasteiger partial charge in [-0.25, -0.2) is 0 Å². The molecule has 1 aromatic carbocycles. The van der Waals surface area contributed by atoms with Crippen molar-refractivity contribution in [1.82, 2.24) is 14.8 Å². The highest BCUT2D eigenvalue weighted by molar-refractivity contribution is 6.07. The minimum absolute atomic E-state index is 0.151. The maximum Gasteiger partial charge on any atom is 0.258 e.